The van der Waals surface area contributed by atoms with Crippen molar-refractivity contribution >= 4 is 29.8 Å². The van der Waals surface area contributed by atoms with Crippen molar-refractivity contribution in [2.45, 2.75) is 18.4 Å². The highest BCUT2D eigenvalue weighted by Gasteiger charge is 2.40. The van der Waals surface area contributed by atoms with Crippen LogP contribution < -0.4 is 10.6 Å². The monoisotopic (exact) mass is 292 g/mol. The predicted molar refractivity (Wildman–Crippen MR) is 58.6 cm³/mol. The summed E-state index contributed by atoms with van der Waals surface area (Å²) in [4.78, 5) is 50.6. The quantitative estimate of drug-likeness (QED) is 0.299. The van der Waals surface area contributed by atoms with Crippen molar-refractivity contribution < 1.29 is 44.4 Å². The first-order valence-corrected chi connectivity index (χ1v) is 5.04. The van der Waals surface area contributed by atoms with Gasteiger partial charge in [-0.15, -0.1) is 0 Å². The van der Waals surface area contributed by atoms with Gasteiger partial charge in [-0.2, -0.15) is 0 Å². The third-order valence-electron chi connectivity index (χ3n) is 1.95. The van der Waals surface area contributed by atoms with E-state index in [2.05, 4.69) is 5.32 Å². The molecule has 0 aromatic rings. The molecule has 0 radical (unpaired) electrons. The van der Waals surface area contributed by atoms with Crippen molar-refractivity contribution in [1.29, 1.82) is 0 Å². The molecule has 11 nitrogen and oxygen atoms in total. The van der Waals surface area contributed by atoms with Crippen LogP contribution in [-0.4, -0.2) is 62.4 Å². The van der Waals surface area contributed by atoms with Crippen LogP contribution in [0.25, 0.3) is 0 Å². The van der Waals surface area contributed by atoms with Crippen LogP contribution in [-0.2, 0) is 19.2 Å². The predicted octanol–water partition coefficient (Wildman–Crippen LogP) is -2.42. The number of hydrogen-bond donors (Lipinski definition) is 6. The lowest BCUT2D eigenvalue weighted by Crippen LogP contribution is -2.42. The van der Waals surface area contributed by atoms with Gasteiger partial charge in [0.25, 0.3) is 0 Å². The summed E-state index contributed by atoms with van der Waals surface area (Å²) in [6.45, 7) is 0.124. The van der Waals surface area contributed by atoms with Gasteiger partial charge in [-0.1, -0.05) is 0 Å². The van der Waals surface area contributed by atoms with E-state index in [-0.39, 0.29) is 12.5 Å². The lowest BCUT2D eigenvalue weighted by molar-refractivity contribution is -0.170. The van der Waals surface area contributed by atoms with E-state index in [0.717, 1.165) is 0 Å². The molecule has 112 valence electrons. The summed E-state index contributed by atoms with van der Waals surface area (Å²) in [5.41, 5.74) is -2.74. The van der Waals surface area contributed by atoms with Crippen molar-refractivity contribution in [3.05, 3.63) is 0 Å². The molecule has 0 saturated carbocycles. The minimum atomic E-state index is -2.74. The highest BCUT2D eigenvalue weighted by atomic mass is 16.4. The Labute approximate surface area is 111 Å². The van der Waals surface area contributed by atoms with Gasteiger partial charge in [-0.25, -0.2) is 9.59 Å². The van der Waals surface area contributed by atoms with Crippen LogP contribution in [0.3, 0.4) is 0 Å². The molecule has 11 heteroatoms. The van der Waals surface area contributed by atoms with Gasteiger partial charge in [-0.3, -0.25) is 19.7 Å². The number of carboxylic acids is 3. The van der Waals surface area contributed by atoms with Crippen molar-refractivity contribution in [1.82, 2.24) is 10.6 Å². The Bertz CT molecular complexity index is 415. The Morgan fingerprint density at radius 2 is 1.50 bits per heavy atom. The third kappa shape index (κ3) is 6.30. The Morgan fingerprint density at radius 1 is 1.05 bits per heavy atom. The fourth-order valence-corrected chi connectivity index (χ4v) is 1.09. The van der Waals surface area contributed by atoms with Crippen LogP contribution in [0.4, 0.5) is 4.79 Å². The zero-order valence-corrected chi connectivity index (χ0v) is 9.95. The highest BCUT2D eigenvalue weighted by Crippen LogP contribution is 2.15. The van der Waals surface area contributed by atoms with Gasteiger partial charge in [0.1, 0.15) is 0 Å². The van der Waals surface area contributed by atoms with Gasteiger partial charge in [-0.05, 0) is 0 Å². The molecule has 1 aliphatic rings. The number of rotatable bonds is 5. The number of carboxylic acid groups (broad SMARTS) is 3. The lowest BCUT2D eigenvalue weighted by Gasteiger charge is -2.18. The SMILES string of the molecule is O=C(O)CC(O)(CC(=O)O)C(=O)O.O=C1CNC(=O)N1. The van der Waals surface area contributed by atoms with Crippen molar-refractivity contribution in [2.75, 3.05) is 6.54 Å². The van der Waals surface area contributed by atoms with Gasteiger partial charge in [0, 0.05) is 0 Å². The standard InChI is InChI=1S/C6H8O7.C3H4N2O2/c7-3(8)1-6(13,5(11)12)2-4(9)10;6-2-1-4-3(7)5-2/h13H,1-2H2,(H,7,8)(H,9,10)(H,11,12);1H2,(H2,4,5,6,7). The molecule has 1 heterocycles. The van der Waals surface area contributed by atoms with Crippen LogP contribution in [0.2, 0.25) is 0 Å². The second-order valence-electron chi connectivity index (χ2n) is 3.71. The molecule has 0 spiro atoms. The van der Waals surface area contributed by atoms with E-state index in [1.807, 2.05) is 5.32 Å². The first kappa shape index (κ1) is 17.3. The van der Waals surface area contributed by atoms with Gasteiger partial charge in [0.05, 0.1) is 19.4 Å². The minimum absolute atomic E-state index is 0.124. The summed E-state index contributed by atoms with van der Waals surface area (Å²) in [5.74, 6) is -5.28. The van der Waals surface area contributed by atoms with E-state index in [0.29, 0.717) is 0 Å². The second kappa shape index (κ2) is 7.04. The minimum Gasteiger partial charge on any atom is -0.481 e. The summed E-state index contributed by atoms with van der Waals surface area (Å²) >= 11 is 0. The van der Waals surface area contributed by atoms with E-state index in [4.69, 9.17) is 20.4 Å². The summed E-state index contributed by atoms with van der Waals surface area (Å²) in [6.07, 6.45) is -2.29. The number of imide groups is 1. The second-order valence-corrected chi connectivity index (χ2v) is 3.71. The molecule has 20 heavy (non-hydrogen) atoms. The number of carbonyl (C=O) groups is 5. The summed E-state index contributed by atoms with van der Waals surface area (Å²) < 4.78 is 0. The maximum Gasteiger partial charge on any atom is 0.336 e. The number of carbonyl (C=O) groups excluding carboxylic acids is 2. The highest BCUT2D eigenvalue weighted by molar-refractivity contribution is 6.01. The van der Waals surface area contributed by atoms with Gasteiger partial charge >= 0.3 is 23.9 Å². The van der Waals surface area contributed by atoms with Crippen LogP contribution in [0.15, 0.2) is 0 Å². The largest absolute Gasteiger partial charge is 0.481 e. The van der Waals surface area contributed by atoms with Gasteiger partial charge in [0.15, 0.2) is 5.60 Å². The molecule has 1 aliphatic heterocycles. The Hall–Kier alpha value is -2.69. The van der Waals surface area contributed by atoms with Crippen LogP contribution >= 0.6 is 0 Å². The van der Waals surface area contributed by atoms with Gasteiger partial charge in [0.2, 0.25) is 5.91 Å². The normalized spacial score (nSPS) is 13.7. The molecule has 0 atom stereocenters. The Balaban J connectivity index is 0.000000428. The fraction of sp³-hybridized carbons (Fsp3) is 0.444. The molecule has 0 unspecified atom stereocenters. The van der Waals surface area contributed by atoms with Gasteiger partial charge < -0.3 is 25.7 Å². The molecule has 1 saturated heterocycles. The van der Waals surface area contributed by atoms with Crippen LogP contribution in [0, 0.1) is 0 Å². The lowest BCUT2D eigenvalue weighted by atomic mass is 9.96. The number of aliphatic carboxylic acids is 3. The summed E-state index contributed by atoms with van der Waals surface area (Å²) in [6, 6.07) is -0.398. The van der Waals surface area contributed by atoms with E-state index in [9.17, 15) is 24.0 Å². The van der Waals surface area contributed by atoms with E-state index >= 15 is 0 Å². The molecule has 0 aliphatic carbocycles. The van der Waals surface area contributed by atoms with Crippen molar-refractivity contribution in [2.24, 2.45) is 0 Å². The van der Waals surface area contributed by atoms with E-state index in [1.54, 1.807) is 0 Å². The molecular formula is C9H12N2O9. The molecule has 1 fully saturated rings. The molecule has 0 bridgehead atoms. The van der Waals surface area contributed by atoms with E-state index in [1.165, 1.54) is 0 Å². The number of hydrogen-bond acceptors (Lipinski definition) is 6. The molecule has 6 N–H and O–H groups in total. The average molecular weight is 292 g/mol. The number of amides is 3. The first-order valence-electron chi connectivity index (χ1n) is 5.04. The number of nitrogens with one attached hydrogen (secondary N) is 2. The molecular weight excluding hydrogens is 280 g/mol. The Morgan fingerprint density at radius 3 is 1.65 bits per heavy atom. The molecule has 3 amide bonds. The average Bonchev–Trinajstić information content (AvgIpc) is 2.60. The topological polar surface area (TPSA) is 190 Å². The van der Waals surface area contributed by atoms with Crippen LogP contribution in [0.1, 0.15) is 12.8 Å². The zero-order valence-electron chi connectivity index (χ0n) is 9.95. The zero-order chi connectivity index (χ0) is 15.9. The third-order valence-corrected chi connectivity index (χ3v) is 1.95. The first-order chi connectivity index (χ1) is 9.06. The number of urea groups is 1. The van der Waals surface area contributed by atoms with Crippen molar-refractivity contribution in [3.8, 4) is 0 Å². The molecule has 0 aromatic heterocycles. The Kier molecular flexibility index (Phi) is 6.09. The van der Waals surface area contributed by atoms with E-state index < -0.39 is 42.4 Å². The summed E-state index contributed by atoms with van der Waals surface area (Å²) in [7, 11) is 0. The summed E-state index contributed by atoms with van der Waals surface area (Å²) in [5, 5.41) is 38.1. The molecule has 1 rings (SSSR count). The maximum atomic E-state index is 10.3. The smallest absolute Gasteiger partial charge is 0.336 e. The maximum absolute atomic E-state index is 10.3. The van der Waals surface area contributed by atoms with Crippen LogP contribution in [0.5, 0.6) is 0 Å². The molecule has 0 aromatic carbocycles. The number of aliphatic hydroxyl groups is 1. The van der Waals surface area contributed by atoms with Crippen molar-refractivity contribution in [3.63, 3.8) is 0 Å². The fourth-order valence-electron chi connectivity index (χ4n) is 1.09.